The molecule has 16 heavy (non-hydrogen) atoms. The van der Waals surface area contributed by atoms with Crippen molar-refractivity contribution in [3.05, 3.63) is 30.1 Å². The molecule has 2 heterocycles. The van der Waals surface area contributed by atoms with Gasteiger partial charge in [-0.3, -0.25) is 9.88 Å². The van der Waals surface area contributed by atoms with Gasteiger partial charge >= 0.3 is 0 Å². The average Bonchev–Trinajstić information content (AvgIpc) is 2.38. The van der Waals surface area contributed by atoms with Crippen molar-refractivity contribution in [1.29, 1.82) is 0 Å². The number of rotatable bonds is 4. The van der Waals surface area contributed by atoms with Gasteiger partial charge in [-0.25, -0.2) is 0 Å². The Morgan fingerprint density at radius 3 is 2.69 bits per heavy atom. The van der Waals surface area contributed by atoms with Crippen molar-refractivity contribution in [2.24, 2.45) is 5.73 Å². The fourth-order valence-corrected chi connectivity index (χ4v) is 1.92. The van der Waals surface area contributed by atoms with Gasteiger partial charge in [0.05, 0.1) is 13.2 Å². The zero-order valence-corrected chi connectivity index (χ0v) is 9.51. The Kier molecular flexibility index (Phi) is 4.27. The number of hydrogen-bond acceptors (Lipinski definition) is 4. The van der Waals surface area contributed by atoms with Crippen molar-refractivity contribution in [1.82, 2.24) is 9.88 Å². The third kappa shape index (κ3) is 3.27. The predicted octanol–water partition coefficient (Wildman–Crippen LogP) is 0.804. The number of nitrogens with zero attached hydrogens (tertiary/aromatic N) is 2. The first-order valence-corrected chi connectivity index (χ1v) is 5.82. The summed E-state index contributed by atoms with van der Waals surface area (Å²) in [7, 11) is 0. The van der Waals surface area contributed by atoms with E-state index in [0.717, 1.165) is 39.3 Å². The number of hydrogen-bond donors (Lipinski definition) is 1. The van der Waals surface area contributed by atoms with E-state index < -0.39 is 0 Å². The molecule has 88 valence electrons. The summed E-state index contributed by atoms with van der Waals surface area (Å²) in [6.45, 7) is 4.81. The van der Waals surface area contributed by atoms with Gasteiger partial charge in [-0.15, -0.1) is 0 Å². The van der Waals surface area contributed by atoms with Crippen LogP contribution >= 0.6 is 0 Å². The third-order valence-corrected chi connectivity index (χ3v) is 2.99. The molecule has 0 radical (unpaired) electrons. The van der Waals surface area contributed by atoms with E-state index in [-0.39, 0.29) is 6.04 Å². The second-order valence-electron chi connectivity index (χ2n) is 4.13. The topological polar surface area (TPSA) is 51.4 Å². The summed E-state index contributed by atoms with van der Waals surface area (Å²) in [6, 6.07) is 4.10. The molecule has 4 heteroatoms. The minimum Gasteiger partial charge on any atom is -0.379 e. The van der Waals surface area contributed by atoms with Crippen molar-refractivity contribution >= 4 is 0 Å². The average molecular weight is 221 g/mol. The SMILES string of the molecule is NC(CCN1CCOCC1)c1ccncc1. The monoisotopic (exact) mass is 221 g/mol. The molecule has 1 atom stereocenters. The van der Waals surface area contributed by atoms with E-state index in [1.165, 1.54) is 5.56 Å². The fraction of sp³-hybridized carbons (Fsp3) is 0.583. The molecular weight excluding hydrogens is 202 g/mol. The molecule has 1 aliphatic heterocycles. The molecule has 2 rings (SSSR count). The van der Waals surface area contributed by atoms with Gasteiger partial charge in [-0.1, -0.05) is 0 Å². The lowest BCUT2D eigenvalue weighted by atomic mass is 10.1. The van der Waals surface area contributed by atoms with Crippen LogP contribution in [0.4, 0.5) is 0 Å². The van der Waals surface area contributed by atoms with Crippen LogP contribution in [0.25, 0.3) is 0 Å². The van der Waals surface area contributed by atoms with E-state index in [9.17, 15) is 0 Å². The van der Waals surface area contributed by atoms with Crippen LogP contribution in [0.5, 0.6) is 0 Å². The highest BCUT2D eigenvalue weighted by molar-refractivity contribution is 5.14. The molecule has 4 nitrogen and oxygen atoms in total. The van der Waals surface area contributed by atoms with E-state index in [1.54, 1.807) is 12.4 Å². The zero-order chi connectivity index (χ0) is 11.2. The summed E-state index contributed by atoms with van der Waals surface area (Å²) in [6.07, 6.45) is 4.58. The van der Waals surface area contributed by atoms with Crippen LogP contribution in [0.2, 0.25) is 0 Å². The molecule has 1 unspecified atom stereocenters. The first-order chi connectivity index (χ1) is 7.86. The number of aromatic nitrogens is 1. The van der Waals surface area contributed by atoms with Crippen LogP contribution in [0.1, 0.15) is 18.0 Å². The van der Waals surface area contributed by atoms with Gasteiger partial charge in [0.25, 0.3) is 0 Å². The molecule has 0 amide bonds. The first kappa shape index (κ1) is 11.5. The minimum atomic E-state index is 0.117. The van der Waals surface area contributed by atoms with Crippen LogP contribution in [0, 0.1) is 0 Å². The Hall–Kier alpha value is -0.970. The third-order valence-electron chi connectivity index (χ3n) is 2.99. The molecule has 2 N–H and O–H groups in total. The summed E-state index contributed by atoms with van der Waals surface area (Å²) in [5.41, 5.74) is 7.30. The van der Waals surface area contributed by atoms with E-state index in [2.05, 4.69) is 9.88 Å². The van der Waals surface area contributed by atoms with Gasteiger partial charge in [0.2, 0.25) is 0 Å². The van der Waals surface area contributed by atoms with Gasteiger partial charge < -0.3 is 10.5 Å². The minimum absolute atomic E-state index is 0.117. The lowest BCUT2D eigenvalue weighted by Crippen LogP contribution is -2.37. The van der Waals surface area contributed by atoms with Gasteiger partial charge in [0.1, 0.15) is 0 Å². The molecular formula is C12H19N3O. The van der Waals surface area contributed by atoms with E-state index in [4.69, 9.17) is 10.5 Å². The molecule has 0 aliphatic carbocycles. The molecule has 1 saturated heterocycles. The highest BCUT2D eigenvalue weighted by Gasteiger charge is 2.12. The summed E-state index contributed by atoms with van der Waals surface area (Å²) in [5, 5.41) is 0. The Labute approximate surface area is 96.4 Å². The first-order valence-electron chi connectivity index (χ1n) is 5.82. The highest BCUT2D eigenvalue weighted by atomic mass is 16.5. The molecule has 1 aliphatic rings. The summed E-state index contributed by atoms with van der Waals surface area (Å²) in [5.74, 6) is 0. The van der Waals surface area contributed by atoms with Crippen molar-refractivity contribution < 1.29 is 4.74 Å². The molecule has 0 saturated carbocycles. The highest BCUT2D eigenvalue weighted by Crippen LogP contribution is 2.13. The maximum absolute atomic E-state index is 6.13. The quantitative estimate of drug-likeness (QED) is 0.817. The van der Waals surface area contributed by atoms with Gasteiger partial charge in [-0.2, -0.15) is 0 Å². The number of nitrogens with two attached hydrogens (primary N) is 1. The molecule has 0 spiro atoms. The molecule has 1 aromatic rings. The Bertz CT molecular complexity index is 298. The maximum Gasteiger partial charge on any atom is 0.0594 e. The molecule has 1 fully saturated rings. The van der Waals surface area contributed by atoms with Crippen molar-refractivity contribution in [2.75, 3.05) is 32.8 Å². The standard InChI is InChI=1S/C12H19N3O/c13-12(11-1-4-14-5-2-11)3-6-15-7-9-16-10-8-15/h1-2,4-5,12H,3,6-10,13H2. The van der Waals surface area contributed by atoms with Crippen LogP contribution in [-0.2, 0) is 4.74 Å². The lowest BCUT2D eigenvalue weighted by molar-refractivity contribution is 0.0366. The Morgan fingerprint density at radius 1 is 1.31 bits per heavy atom. The molecule has 1 aromatic heterocycles. The van der Waals surface area contributed by atoms with Crippen LogP contribution in [-0.4, -0.2) is 42.7 Å². The van der Waals surface area contributed by atoms with Crippen LogP contribution < -0.4 is 5.73 Å². The maximum atomic E-state index is 6.13. The summed E-state index contributed by atoms with van der Waals surface area (Å²) >= 11 is 0. The van der Waals surface area contributed by atoms with Crippen LogP contribution in [0.3, 0.4) is 0 Å². The molecule has 0 bridgehead atoms. The van der Waals surface area contributed by atoms with Gasteiger partial charge in [-0.05, 0) is 24.1 Å². The van der Waals surface area contributed by atoms with Crippen molar-refractivity contribution in [2.45, 2.75) is 12.5 Å². The number of ether oxygens (including phenoxy) is 1. The smallest absolute Gasteiger partial charge is 0.0594 e. The molecule has 0 aromatic carbocycles. The second-order valence-corrected chi connectivity index (χ2v) is 4.13. The van der Waals surface area contributed by atoms with Gasteiger partial charge in [0.15, 0.2) is 0 Å². The van der Waals surface area contributed by atoms with E-state index in [0.29, 0.717) is 0 Å². The summed E-state index contributed by atoms with van der Waals surface area (Å²) in [4.78, 5) is 6.40. The zero-order valence-electron chi connectivity index (χ0n) is 9.51. The van der Waals surface area contributed by atoms with E-state index >= 15 is 0 Å². The van der Waals surface area contributed by atoms with Crippen LogP contribution in [0.15, 0.2) is 24.5 Å². The normalized spacial score (nSPS) is 19.6. The van der Waals surface area contributed by atoms with Crippen molar-refractivity contribution in [3.8, 4) is 0 Å². The fourth-order valence-electron chi connectivity index (χ4n) is 1.92. The van der Waals surface area contributed by atoms with Crippen molar-refractivity contribution in [3.63, 3.8) is 0 Å². The Balaban J connectivity index is 1.77. The van der Waals surface area contributed by atoms with Gasteiger partial charge in [0, 0.05) is 38.1 Å². The second kappa shape index (κ2) is 5.94. The largest absolute Gasteiger partial charge is 0.379 e. The van der Waals surface area contributed by atoms with E-state index in [1.807, 2.05) is 12.1 Å². The number of morpholine rings is 1. The number of pyridine rings is 1. The Morgan fingerprint density at radius 2 is 2.00 bits per heavy atom. The predicted molar refractivity (Wildman–Crippen MR) is 63.0 cm³/mol. The lowest BCUT2D eigenvalue weighted by Gasteiger charge is -2.27. The summed E-state index contributed by atoms with van der Waals surface area (Å²) < 4.78 is 5.31.